The molecule has 1 aromatic heterocycles. The Hall–Kier alpha value is -3.14. The summed E-state index contributed by atoms with van der Waals surface area (Å²) in [6.45, 7) is 6.67. The Morgan fingerprint density at radius 3 is 2.50 bits per heavy atom. The summed E-state index contributed by atoms with van der Waals surface area (Å²) in [7, 11) is 0. The van der Waals surface area contributed by atoms with E-state index < -0.39 is 0 Å². The van der Waals surface area contributed by atoms with Gasteiger partial charge in [0.25, 0.3) is 5.91 Å². The van der Waals surface area contributed by atoms with Crippen LogP contribution in [0.25, 0.3) is 0 Å². The molecule has 28 heavy (non-hydrogen) atoms. The number of amides is 2. The summed E-state index contributed by atoms with van der Waals surface area (Å²) < 4.78 is 1.70. The van der Waals surface area contributed by atoms with E-state index in [4.69, 9.17) is 5.26 Å². The van der Waals surface area contributed by atoms with Gasteiger partial charge in [-0.15, -0.1) is 0 Å². The van der Waals surface area contributed by atoms with Gasteiger partial charge in [0, 0.05) is 37.9 Å². The first kappa shape index (κ1) is 19.6. The van der Waals surface area contributed by atoms with Crippen molar-refractivity contribution in [2.45, 2.75) is 33.2 Å². The third-order valence-corrected chi connectivity index (χ3v) is 5.12. The average Bonchev–Trinajstić information content (AvgIpc) is 3.36. The molecule has 0 bridgehead atoms. The van der Waals surface area contributed by atoms with Gasteiger partial charge in [-0.05, 0) is 24.5 Å². The molecule has 0 radical (unpaired) electrons. The van der Waals surface area contributed by atoms with E-state index in [-0.39, 0.29) is 11.8 Å². The van der Waals surface area contributed by atoms with Gasteiger partial charge >= 0.3 is 0 Å². The highest BCUT2D eigenvalue weighted by Gasteiger charge is 2.34. The second kappa shape index (κ2) is 8.70. The van der Waals surface area contributed by atoms with E-state index in [0.717, 1.165) is 23.3 Å². The molecule has 7 heteroatoms. The average molecular weight is 379 g/mol. The quantitative estimate of drug-likeness (QED) is 0.431. The van der Waals surface area contributed by atoms with Gasteiger partial charge in [-0.2, -0.15) is 10.4 Å². The second-order valence-corrected chi connectivity index (χ2v) is 7.03. The van der Waals surface area contributed by atoms with Gasteiger partial charge < -0.3 is 9.80 Å². The molecule has 0 saturated heterocycles. The van der Waals surface area contributed by atoms with Crippen molar-refractivity contribution in [1.82, 2.24) is 19.6 Å². The Morgan fingerprint density at radius 2 is 1.86 bits per heavy atom. The van der Waals surface area contributed by atoms with Crippen LogP contribution in [0.2, 0.25) is 0 Å². The Kier molecular flexibility index (Phi) is 6.09. The number of aromatic nitrogens is 2. The molecule has 0 aliphatic carbocycles. The number of aryl methyl sites for hydroxylation is 1. The lowest BCUT2D eigenvalue weighted by molar-refractivity contribution is -0.124. The van der Waals surface area contributed by atoms with Crippen LogP contribution in [0, 0.1) is 18.3 Å². The van der Waals surface area contributed by atoms with Crippen LogP contribution >= 0.6 is 0 Å². The van der Waals surface area contributed by atoms with Crippen molar-refractivity contribution >= 4 is 11.8 Å². The molecule has 2 aliphatic heterocycles. The first-order valence-electron chi connectivity index (χ1n) is 9.55. The fraction of sp³-hybridized carbons (Fsp3) is 0.429. The number of hydrogen-bond acceptors (Lipinski definition) is 4. The molecule has 0 spiro atoms. The fourth-order valence-corrected chi connectivity index (χ4v) is 3.55. The maximum absolute atomic E-state index is 12.9. The zero-order valence-corrected chi connectivity index (χ0v) is 16.4. The van der Waals surface area contributed by atoms with Crippen LogP contribution in [0.15, 0.2) is 41.6 Å². The van der Waals surface area contributed by atoms with E-state index in [2.05, 4.69) is 11.2 Å². The molecule has 3 heterocycles. The lowest BCUT2D eigenvalue weighted by atomic mass is 10.2. The van der Waals surface area contributed by atoms with Crippen molar-refractivity contribution in [3.8, 4) is 6.07 Å². The van der Waals surface area contributed by atoms with Crippen LogP contribution in [-0.2, 0) is 11.3 Å². The summed E-state index contributed by atoms with van der Waals surface area (Å²) in [5, 5.41) is 13.0. The zero-order valence-electron chi connectivity index (χ0n) is 16.4. The lowest BCUT2D eigenvalue weighted by Gasteiger charge is -2.22. The molecule has 0 unspecified atom stereocenters. The molecule has 2 aliphatic rings. The SMILES string of the molecule is CC/C=C/C=C/C(=O)N1CC2=C(C1)CN(C(=O)c1cnn(CCC#N)c1C)C2. The van der Waals surface area contributed by atoms with Crippen LogP contribution in [0.5, 0.6) is 0 Å². The maximum Gasteiger partial charge on any atom is 0.257 e. The van der Waals surface area contributed by atoms with Gasteiger partial charge in [0.05, 0.1) is 30.8 Å². The second-order valence-electron chi connectivity index (χ2n) is 7.03. The molecule has 0 fully saturated rings. The van der Waals surface area contributed by atoms with Crippen molar-refractivity contribution in [3.05, 3.63) is 52.9 Å². The topological polar surface area (TPSA) is 82.2 Å². The predicted octanol–water partition coefficient (Wildman–Crippen LogP) is 2.22. The van der Waals surface area contributed by atoms with Crippen LogP contribution in [-0.4, -0.2) is 57.6 Å². The highest BCUT2D eigenvalue weighted by Crippen LogP contribution is 2.27. The largest absolute Gasteiger partial charge is 0.331 e. The Labute approximate surface area is 165 Å². The monoisotopic (exact) mass is 379 g/mol. The molecule has 1 aromatic rings. The van der Waals surface area contributed by atoms with Gasteiger partial charge in [-0.3, -0.25) is 14.3 Å². The molecule has 0 N–H and O–H groups in total. The summed E-state index contributed by atoms with van der Waals surface area (Å²) in [4.78, 5) is 28.8. The normalized spacial score (nSPS) is 16.5. The molecular formula is C21H25N5O2. The van der Waals surface area contributed by atoms with E-state index in [1.807, 2.05) is 35.8 Å². The Morgan fingerprint density at radius 1 is 1.18 bits per heavy atom. The maximum atomic E-state index is 12.9. The fourth-order valence-electron chi connectivity index (χ4n) is 3.55. The van der Waals surface area contributed by atoms with E-state index in [0.29, 0.717) is 44.7 Å². The van der Waals surface area contributed by atoms with Gasteiger partial charge in [-0.1, -0.05) is 25.2 Å². The van der Waals surface area contributed by atoms with Crippen molar-refractivity contribution in [1.29, 1.82) is 5.26 Å². The Balaban J connectivity index is 1.57. The minimum atomic E-state index is -0.0439. The lowest BCUT2D eigenvalue weighted by Crippen LogP contribution is -2.36. The number of allylic oxidation sites excluding steroid dienone is 3. The standard InChI is InChI=1S/C21H25N5O2/c1-3-4-5-6-8-20(27)24-12-17-14-25(15-18(17)13-24)21(28)19-11-23-26(16(19)2)10-7-9-22/h4-6,8,11H,3,7,10,12-15H2,1-2H3/b5-4+,8-6+. The van der Waals surface area contributed by atoms with Crippen LogP contribution in [0.4, 0.5) is 0 Å². The summed E-state index contributed by atoms with van der Waals surface area (Å²) in [6, 6.07) is 2.09. The minimum absolute atomic E-state index is 0.00245. The Bertz CT molecular complexity index is 882. The van der Waals surface area contributed by atoms with Gasteiger partial charge in [0.15, 0.2) is 0 Å². The van der Waals surface area contributed by atoms with Gasteiger partial charge in [0.1, 0.15) is 0 Å². The number of rotatable bonds is 6. The van der Waals surface area contributed by atoms with Gasteiger partial charge in [-0.25, -0.2) is 0 Å². The zero-order chi connectivity index (χ0) is 20.1. The van der Waals surface area contributed by atoms with Crippen LogP contribution < -0.4 is 0 Å². The molecular weight excluding hydrogens is 354 g/mol. The summed E-state index contributed by atoms with van der Waals surface area (Å²) in [5.41, 5.74) is 3.69. The van der Waals surface area contributed by atoms with Crippen molar-refractivity contribution in [2.24, 2.45) is 0 Å². The summed E-state index contributed by atoms with van der Waals surface area (Å²) in [6.07, 6.45) is 10.1. The van der Waals surface area contributed by atoms with Crippen LogP contribution in [0.3, 0.4) is 0 Å². The van der Waals surface area contributed by atoms with Crippen molar-refractivity contribution in [2.75, 3.05) is 26.2 Å². The number of nitrogens with zero attached hydrogens (tertiary/aromatic N) is 5. The minimum Gasteiger partial charge on any atom is -0.331 e. The molecule has 7 nitrogen and oxygen atoms in total. The first-order valence-corrected chi connectivity index (χ1v) is 9.55. The molecule has 0 aromatic carbocycles. The molecule has 3 rings (SSSR count). The number of carbonyl (C=O) groups excluding carboxylic acids is 2. The smallest absolute Gasteiger partial charge is 0.257 e. The highest BCUT2D eigenvalue weighted by molar-refractivity contribution is 5.96. The van der Waals surface area contributed by atoms with Crippen molar-refractivity contribution in [3.63, 3.8) is 0 Å². The number of carbonyl (C=O) groups is 2. The highest BCUT2D eigenvalue weighted by atomic mass is 16.2. The summed E-state index contributed by atoms with van der Waals surface area (Å²) in [5.74, 6) is -0.0415. The van der Waals surface area contributed by atoms with Crippen molar-refractivity contribution < 1.29 is 9.59 Å². The molecule has 146 valence electrons. The molecule has 2 amide bonds. The van der Waals surface area contributed by atoms with Crippen LogP contribution in [0.1, 0.15) is 35.8 Å². The van der Waals surface area contributed by atoms with E-state index in [9.17, 15) is 9.59 Å². The predicted molar refractivity (Wildman–Crippen MR) is 105 cm³/mol. The molecule has 0 saturated carbocycles. The third-order valence-electron chi connectivity index (χ3n) is 5.12. The van der Waals surface area contributed by atoms with Gasteiger partial charge in [0.2, 0.25) is 5.91 Å². The number of hydrogen-bond donors (Lipinski definition) is 0. The first-order chi connectivity index (χ1) is 13.5. The summed E-state index contributed by atoms with van der Waals surface area (Å²) >= 11 is 0. The molecule has 0 atom stereocenters. The van der Waals surface area contributed by atoms with E-state index in [1.54, 1.807) is 23.0 Å². The van der Waals surface area contributed by atoms with E-state index >= 15 is 0 Å². The van der Waals surface area contributed by atoms with E-state index in [1.165, 1.54) is 0 Å². The third kappa shape index (κ3) is 4.06. The number of nitriles is 1.